The van der Waals surface area contributed by atoms with Crippen molar-refractivity contribution in [3.05, 3.63) is 42.0 Å². The number of hydrogen-bond acceptors (Lipinski definition) is 6. The number of esters is 1. The highest BCUT2D eigenvalue weighted by Crippen LogP contribution is 2.30. The molecule has 0 spiro atoms. The molecule has 0 saturated carbocycles. The maximum absolute atomic E-state index is 11.6. The van der Waals surface area contributed by atoms with E-state index in [9.17, 15) is 4.79 Å². The Kier molecular flexibility index (Phi) is 8.48. The molecule has 6 heteroatoms. The van der Waals surface area contributed by atoms with E-state index in [2.05, 4.69) is 12.1 Å². The SMILES string of the molecule is CCOC(=O)/C=C/[C@H](CCC1(C)OCCO1)SCc1ccc(OC)cc1. The second-order valence-corrected chi connectivity index (χ2v) is 7.41. The minimum absolute atomic E-state index is 0.172. The Hall–Kier alpha value is -1.50. The summed E-state index contributed by atoms with van der Waals surface area (Å²) in [5.41, 5.74) is 1.21. The second kappa shape index (κ2) is 10.6. The largest absolute Gasteiger partial charge is 0.497 e. The van der Waals surface area contributed by atoms with Crippen LogP contribution in [0.15, 0.2) is 36.4 Å². The Morgan fingerprint density at radius 1 is 1.31 bits per heavy atom. The summed E-state index contributed by atoms with van der Waals surface area (Å²) in [5, 5.41) is 0.172. The molecule has 0 amide bonds. The molecule has 1 fully saturated rings. The summed E-state index contributed by atoms with van der Waals surface area (Å²) >= 11 is 1.78. The third-order valence-corrected chi connectivity index (χ3v) is 5.46. The van der Waals surface area contributed by atoms with Gasteiger partial charge in [0.2, 0.25) is 0 Å². The van der Waals surface area contributed by atoms with Crippen LogP contribution in [0.1, 0.15) is 32.3 Å². The van der Waals surface area contributed by atoms with Crippen molar-refractivity contribution in [1.29, 1.82) is 0 Å². The number of benzene rings is 1. The minimum Gasteiger partial charge on any atom is -0.497 e. The average molecular weight is 381 g/mol. The van der Waals surface area contributed by atoms with Gasteiger partial charge in [0.25, 0.3) is 0 Å². The summed E-state index contributed by atoms with van der Waals surface area (Å²) < 4.78 is 21.5. The van der Waals surface area contributed by atoms with Gasteiger partial charge < -0.3 is 18.9 Å². The van der Waals surface area contributed by atoms with Crippen molar-refractivity contribution in [3.63, 3.8) is 0 Å². The summed E-state index contributed by atoms with van der Waals surface area (Å²) in [4.78, 5) is 11.6. The van der Waals surface area contributed by atoms with Crippen LogP contribution >= 0.6 is 11.8 Å². The summed E-state index contributed by atoms with van der Waals surface area (Å²) in [5.74, 6) is 0.875. The van der Waals surface area contributed by atoms with E-state index in [1.54, 1.807) is 25.8 Å². The van der Waals surface area contributed by atoms with Crippen LogP contribution < -0.4 is 4.74 Å². The predicted octanol–water partition coefficient (Wildman–Crippen LogP) is 3.96. The number of hydrogen-bond donors (Lipinski definition) is 0. The third-order valence-electron chi connectivity index (χ3n) is 4.14. The zero-order valence-corrected chi connectivity index (χ0v) is 16.6. The molecule has 1 aliphatic rings. The van der Waals surface area contributed by atoms with Crippen molar-refractivity contribution < 1.29 is 23.7 Å². The molecule has 1 aromatic rings. The Bertz CT molecular complexity index is 578. The van der Waals surface area contributed by atoms with Crippen LogP contribution in [0.2, 0.25) is 0 Å². The van der Waals surface area contributed by atoms with Crippen LogP contribution in [-0.4, -0.2) is 43.9 Å². The van der Waals surface area contributed by atoms with E-state index in [0.29, 0.717) is 19.8 Å². The molecule has 144 valence electrons. The molecule has 1 saturated heterocycles. The molecule has 1 aromatic carbocycles. The molecular formula is C20H28O5S. The number of ether oxygens (including phenoxy) is 4. The van der Waals surface area contributed by atoms with E-state index in [-0.39, 0.29) is 11.2 Å². The fourth-order valence-electron chi connectivity index (χ4n) is 2.64. The molecule has 1 atom stereocenters. The van der Waals surface area contributed by atoms with Gasteiger partial charge in [0.15, 0.2) is 5.79 Å². The highest BCUT2D eigenvalue weighted by Gasteiger charge is 2.31. The van der Waals surface area contributed by atoms with E-state index in [0.717, 1.165) is 24.3 Å². The van der Waals surface area contributed by atoms with E-state index in [1.165, 1.54) is 11.6 Å². The molecule has 1 heterocycles. The van der Waals surface area contributed by atoms with Gasteiger partial charge in [0.05, 0.1) is 26.9 Å². The van der Waals surface area contributed by atoms with Gasteiger partial charge in [-0.1, -0.05) is 18.2 Å². The lowest BCUT2D eigenvalue weighted by Crippen LogP contribution is -2.26. The Morgan fingerprint density at radius 2 is 2.00 bits per heavy atom. The minimum atomic E-state index is -0.517. The van der Waals surface area contributed by atoms with Crippen LogP contribution in [0.5, 0.6) is 5.75 Å². The van der Waals surface area contributed by atoms with Crippen molar-refractivity contribution in [2.45, 2.75) is 43.5 Å². The van der Waals surface area contributed by atoms with Gasteiger partial charge in [-0.2, -0.15) is 0 Å². The molecule has 0 aliphatic carbocycles. The lowest BCUT2D eigenvalue weighted by Gasteiger charge is -2.24. The van der Waals surface area contributed by atoms with Gasteiger partial charge in [-0.3, -0.25) is 0 Å². The van der Waals surface area contributed by atoms with E-state index < -0.39 is 5.79 Å². The highest BCUT2D eigenvalue weighted by molar-refractivity contribution is 7.99. The lowest BCUT2D eigenvalue weighted by molar-refractivity contribution is -0.147. The van der Waals surface area contributed by atoms with Crippen molar-refractivity contribution in [1.82, 2.24) is 0 Å². The summed E-state index contributed by atoms with van der Waals surface area (Å²) in [6, 6.07) is 8.03. The lowest BCUT2D eigenvalue weighted by atomic mass is 10.1. The zero-order valence-electron chi connectivity index (χ0n) is 15.7. The number of carbonyl (C=O) groups excluding carboxylic acids is 1. The van der Waals surface area contributed by atoms with Crippen LogP contribution in [0.3, 0.4) is 0 Å². The van der Waals surface area contributed by atoms with E-state index >= 15 is 0 Å². The van der Waals surface area contributed by atoms with Crippen molar-refractivity contribution >= 4 is 17.7 Å². The van der Waals surface area contributed by atoms with Crippen molar-refractivity contribution in [3.8, 4) is 5.75 Å². The van der Waals surface area contributed by atoms with Crippen LogP contribution in [0, 0.1) is 0 Å². The van der Waals surface area contributed by atoms with E-state index in [1.807, 2.05) is 25.1 Å². The maximum atomic E-state index is 11.6. The van der Waals surface area contributed by atoms with Crippen molar-refractivity contribution in [2.75, 3.05) is 26.9 Å². The highest BCUT2D eigenvalue weighted by atomic mass is 32.2. The molecule has 0 N–H and O–H groups in total. The Balaban J connectivity index is 1.92. The molecule has 1 aliphatic heterocycles. The van der Waals surface area contributed by atoms with Gasteiger partial charge in [0.1, 0.15) is 5.75 Å². The molecular weight excluding hydrogens is 352 g/mol. The normalized spacial score (nSPS) is 17.3. The van der Waals surface area contributed by atoms with E-state index in [4.69, 9.17) is 18.9 Å². The predicted molar refractivity (Wildman–Crippen MR) is 103 cm³/mol. The fraction of sp³-hybridized carbons (Fsp3) is 0.550. The third kappa shape index (κ3) is 7.02. The molecule has 0 aromatic heterocycles. The maximum Gasteiger partial charge on any atom is 0.330 e. The second-order valence-electron chi connectivity index (χ2n) is 6.18. The fourth-order valence-corrected chi connectivity index (χ4v) is 3.72. The first kappa shape index (κ1) is 20.8. The molecule has 2 rings (SSSR count). The standard InChI is InChI=1S/C20H28O5S/c1-4-23-19(21)10-9-18(11-12-20(2)24-13-14-25-20)26-15-16-5-7-17(22-3)8-6-16/h5-10,18H,4,11-15H2,1-3H3/b10-9+/t18-/m1/s1. The van der Waals surface area contributed by atoms with Gasteiger partial charge in [-0.25, -0.2) is 4.79 Å². The molecule has 5 nitrogen and oxygen atoms in total. The number of thioether (sulfide) groups is 1. The topological polar surface area (TPSA) is 54.0 Å². The Labute approximate surface area is 160 Å². The summed E-state index contributed by atoms with van der Waals surface area (Å²) in [7, 11) is 1.66. The number of rotatable bonds is 10. The van der Waals surface area contributed by atoms with Gasteiger partial charge in [-0.15, -0.1) is 11.8 Å². The van der Waals surface area contributed by atoms with Crippen molar-refractivity contribution in [2.24, 2.45) is 0 Å². The first-order chi connectivity index (χ1) is 12.5. The molecule has 0 bridgehead atoms. The average Bonchev–Trinajstić information content (AvgIpc) is 3.08. The number of carbonyl (C=O) groups is 1. The molecule has 0 radical (unpaired) electrons. The quantitative estimate of drug-likeness (QED) is 0.452. The molecule has 26 heavy (non-hydrogen) atoms. The number of methoxy groups -OCH3 is 1. The monoisotopic (exact) mass is 380 g/mol. The van der Waals surface area contributed by atoms with Gasteiger partial charge in [0, 0.05) is 23.5 Å². The Morgan fingerprint density at radius 3 is 2.62 bits per heavy atom. The zero-order chi connectivity index (χ0) is 18.8. The van der Waals surface area contributed by atoms with Crippen LogP contribution in [0.4, 0.5) is 0 Å². The van der Waals surface area contributed by atoms with Crippen LogP contribution in [0.25, 0.3) is 0 Å². The summed E-state index contributed by atoms with van der Waals surface area (Å²) in [6.45, 7) is 5.43. The smallest absolute Gasteiger partial charge is 0.330 e. The van der Waals surface area contributed by atoms with Gasteiger partial charge >= 0.3 is 5.97 Å². The first-order valence-corrected chi connectivity index (χ1v) is 9.97. The molecule has 0 unspecified atom stereocenters. The first-order valence-electron chi connectivity index (χ1n) is 8.92. The van der Waals surface area contributed by atoms with Crippen LogP contribution in [-0.2, 0) is 24.8 Å². The summed E-state index contributed by atoms with van der Waals surface area (Å²) in [6.07, 6.45) is 5.08. The van der Waals surface area contributed by atoms with Gasteiger partial charge in [-0.05, 0) is 38.0 Å².